The molecule has 19 heteroatoms. The van der Waals surface area contributed by atoms with Crippen LogP contribution in [-0.4, -0.2) is 148 Å². The average molecular weight is 1160 g/mol. The van der Waals surface area contributed by atoms with Gasteiger partial charge in [-0.2, -0.15) is 0 Å². The average Bonchev–Trinajstić information content (AvgIpc) is 3.83. The van der Waals surface area contributed by atoms with E-state index in [1.165, 1.54) is 0 Å². The summed E-state index contributed by atoms with van der Waals surface area (Å²) in [7, 11) is -0.472. The number of aromatic nitrogens is 4. The van der Waals surface area contributed by atoms with Gasteiger partial charge in [0.25, 0.3) is 0 Å². The molecule has 0 aromatic carbocycles. The van der Waals surface area contributed by atoms with Gasteiger partial charge in [-0.3, -0.25) is 4.90 Å². The number of pyridine rings is 2. The van der Waals surface area contributed by atoms with Crippen molar-refractivity contribution >= 4 is 50.4 Å². The number of carbonyl (C=O) groups is 2. The van der Waals surface area contributed by atoms with Crippen molar-refractivity contribution in [3.63, 3.8) is 0 Å². The molecule has 0 saturated carbocycles. The number of rotatable bonds is 11. The van der Waals surface area contributed by atoms with E-state index in [0.29, 0.717) is 39.4 Å². The van der Waals surface area contributed by atoms with Crippen LogP contribution in [0.5, 0.6) is 11.5 Å². The largest absolute Gasteiger partial charge is 0.495 e. The number of anilines is 1. The van der Waals surface area contributed by atoms with E-state index >= 15 is 0 Å². The molecule has 4 aromatic heterocycles. The van der Waals surface area contributed by atoms with Crippen LogP contribution in [0.4, 0.5) is 15.3 Å². The second-order valence-electron chi connectivity index (χ2n) is 24.7. The molecule has 2 saturated heterocycles. The van der Waals surface area contributed by atoms with E-state index in [-0.39, 0.29) is 41.8 Å². The van der Waals surface area contributed by atoms with E-state index < -0.39 is 27.8 Å². The molecule has 2 fully saturated rings. The number of nitrogens with one attached hydrogen (secondary N) is 1. The normalized spacial score (nSPS) is 16.6. The molecular weight excluding hydrogens is 1060 g/mol. The highest BCUT2D eigenvalue weighted by molar-refractivity contribution is 9.10. The van der Waals surface area contributed by atoms with Gasteiger partial charge in [0.1, 0.15) is 34.3 Å². The summed E-state index contributed by atoms with van der Waals surface area (Å²) in [5.74, 6) is 3.25. The minimum absolute atomic E-state index is 0. The second-order valence-corrected chi connectivity index (χ2v) is 35.2. The first-order chi connectivity index (χ1) is 34.5. The quantitative estimate of drug-likeness (QED) is 0.143. The number of carbonyl (C=O) groups excluding carboxylic acids is 2. The van der Waals surface area contributed by atoms with Crippen molar-refractivity contribution < 1.29 is 37.4 Å². The number of amides is 2. The summed E-state index contributed by atoms with van der Waals surface area (Å²) in [5.41, 5.74) is 4.45. The molecule has 2 aliphatic rings. The van der Waals surface area contributed by atoms with Gasteiger partial charge in [0.15, 0.2) is 16.6 Å². The molecule has 2 atom stereocenters. The topological polar surface area (TPSA) is 147 Å². The Balaban J connectivity index is 0.000000330. The summed E-state index contributed by atoms with van der Waals surface area (Å²) in [6.45, 7) is 47.0. The lowest BCUT2D eigenvalue weighted by molar-refractivity contribution is 0.00522. The highest BCUT2D eigenvalue weighted by atomic mass is 79.9. The zero-order valence-electron chi connectivity index (χ0n) is 49.7. The summed E-state index contributed by atoms with van der Waals surface area (Å²) in [5, 5.41) is 3.60. The molecule has 0 aliphatic carbocycles. The Morgan fingerprint density at radius 1 is 0.632 bits per heavy atom. The van der Waals surface area contributed by atoms with Crippen molar-refractivity contribution in [1.29, 1.82) is 0 Å². The van der Waals surface area contributed by atoms with Crippen molar-refractivity contribution in [2.24, 2.45) is 0 Å². The van der Waals surface area contributed by atoms with Gasteiger partial charge in [0, 0.05) is 80.4 Å². The third-order valence-electron chi connectivity index (χ3n) is 14.4. The van der Waals surface area contributed by atoms with E-state index in [4.69, 9.17) is 32.8 Å². The molecule has 428 valence electrons. The lowest BCUT2D eigenvalue weighted by Gasteiger charge is -2.44. The molecule has 0 unspecified atom stereocenters. The van der Waals surface area contributed by atoms with Crippen molar-refractivity contribution in [1.82, 2.24) is 34.2 Å². The van der Waals surface area contributed by atoms with E-state index in [2.05, 4.69) is 160 Å². The first-order valence-electron chi connectivity index (χ1n) is 26.3. The van der Waals surface area contributed by atoms with E-state index in [1.54, 1.807) is 20.4 Å². The standard InChI is InChI=1S/C28H46N4O4Si.C16H34N2O3Si.C12H13BrN2O.CH4/c1-20-12-13-21(2)32(20)25-16-24(34-9)23(17-29-25)30-14-15-31(26(33)36-27(3,4)5)22(18-30)19-35-37(10,11)28(6,7)8;1-15(2,3)21-14(19)18-10-9-17-11-13(18)12-20-22(7,8)16(4,5)6;1-8-4-5-9(2)15(8)12-6-11(16-3)10(13)7-14-12;/h12-13,16-17,22H,14-15,18-19H2,1-11H3;13,17H,9-12H2,1-8H3;4-7H,1-3H3;1H4/t22-;13-;;/m00../s1. The third-order valence-corrected chi connectivity index (χ3v) is 24.0. The molecule has 76 heavy (non-hydrogen) atoms. The van der Waals surface area contributed by atoms with E-state index in [1.807, 2.05) is 69.7 Å². The van der Waals surface area contributed by atoms with E-state index in [0.717, 1.165) is 69.2 Å². The fourth-order valence-corrected chi connectivity index (χ4v) is 10.4. The van der Waals surface area contributed by atoms with Crippen molar-refractivity contribution in [2.45, 2.75) is 178 Å². The SMILES string of the molecule is C.CC(C)(C)OC(=O)N1CCNC[C@H]1CO[Si](C)(C)C(C)(C)C.COc1cc(-n2c(C)ccc2C)ncc1Br.COc1cc(-n2c(C)ccc2C)ncc1N1CCN(C(=O)OC(C)(C)C)[C@H](CO[Si](C)(C)C(C)(C)C)C1. The van der Waals surface area contributed by atoms with Crippen LogP contribution in [0.2, 0.25) is 36.3 Å². The Bertz CT molecular complexity index is 2480. The molecule has 4 aromatic rings. The Kier molecular flexibility index (Phi) is 23.0. The number of halogens is 1. The number of nitrogens with zero attached hydrogens (tertiary/aromatic N) is 7. The Morgan fingerprint density at radius 2 is 1.04 bits per heavy atom. The van der Waals surface area contributed by atoms with E-state index in [9.17, 15) is 9.59 Å². The molecule has 16 nitrogen and oxygen atoms in total. The summed E-state index contributed by atoms with van der Waals surface area (Å²) in [6.07, 6.45) is 3.10. The molecule has 0 spiro atoms. The first-order valence-corrected chi connectivity index (χ1v) is 32.9. The number of hydrogen-bond acceptors (Lipinski definition) is 12. The van der Waals surface area contributed by atoms with Crippen molar-refractivity contribution in [2.75, 3.05) is 71.6 Å². The van der Waals surface area contributed by atoms with Crippen LogP contribution in [0.15, 0.2) is 53.3 Å². The van der Waals surface area contributed by atoms with Gasteiger partial charge in [-0.05, 0) is 146 Å². The van der Waals surface area contributed by atoms with Gasteiger partial charge in [-0.25, -0.2) is 19.6 Å². The summed E-state index contributed by atoms with van der Waals surface area (Å²) in [6, 6.07) is 12.1. The fourth-order valence-electron chi connectivity index (χ4n) is 7.98. The lowest BCUT2D eigenvalue weighted by atomic mass is 10.1. The van der Waals surface area contributed by atoms with Gasteiger partial charge in [-0.1, -0.05) is 49.0 Å². The summed E-state index contributed by atoms with van der Waals surface area (Å²) in [4.78, 5) is 40.6. The number of ether oxygens (including phenoxy) is 4. The molecule has 0 radical (unpaired) electrons. The van der Waals surface area contributed by atoms with Crippen molar-refractivity contribution in [3.8, 4) is 23.1 Å². The third kappa shape index (κ3) is 17.8. The van der Waals surface area contributed by atoms with Crippen molar-refractivity contribution in [3.05, 3.63) is 76.0 Å². The minimum Gasteiger partial charge on any atom is -0.495 e. The first kappa shape index (κ1) is 65.9. The van der Waals surface area contributed by atoms with Crippen LogP contribution >= 0.6 is 15.9 Å². The van der Waals surface area contributed by atoms with Gasteiger partial charge in [0.2, 0.25) is 0 Å². The number of piperazine rings is 2. The van der Waals surface area contributed by atoms with Crippen LogP contribution in [0, 0.1) is 27.7 Å². The summed E-state index contributed by atoms with van der Waals surface area (Å²) >= 11 is 3.39. The maximum atomic E-state index is 13.2. The van der Waals surface area contributed by atoms with Crippen LogP contribution in [0.3, 0.4) is 0 Å². The van der Waals surface area contributed by atoms with Gasteiger partial charge in [0.05, 0.1) is 55.9 Å². The molecule has 1 N–H and O–H groups in total. The van der Waals surface area contributed by atoms with Crippen LogP contribution in [0.25, 0.3) is 11.6 Å². The maximum absolute atomic E-state index is 13.2. The number of aryl methyl sites for hydroxylation is 4. The molecule has 0 bridgehead atoms. The van der Waals surface area contributed by atoms with Gasteiger partial charge < -0.3 is 52.1 Å². The Hall–Kier alpha value is -4.41. The molecule has 6 rings (SSSR count). The molecule has 2 amide bonds. The zero-order valence-corrected chi connectivity index (χ0v) is 53.3. The van der Waals surface area contributed by atoms with Gasteiger partial charge in [-0.15, -0.1) is 0 Å². The summed E-state index contributed by atoms with van der Waals surface area (Å²) < 4.78 is 40.3. The van der Waals surface area contributed by atoms with Gasteiger partial charge >= 0.3 is 12.2 Å². The van der Waals surface area contributed by atoms with Crippen LogP contribution in [0.1, 0.15) is 113 Å². The second kappa shape index (κ2) is 26.5. The highest BCUT2D eigenvalue weighted by Gasteiger charge is 2.42. The number of methoxy groups -OCH3 is 2. The molecule has 2 aliphatic heterocycles. The zero-order chi connectivity index (χ0) is 56.6. The monoisotopic (exact) mass is 1160 g/mol. The number of hydrogen-bond donors (Lipinski definition) is 1. The van der Waals surface area contributed by atoms with Crippen LogP contribution in [-0.2, 0) is 18.3 Å². The Morgan fingerprint density at radius 3 is 1.46 bits per heavy atom. The lowest BCUT2D eigenvalue weighted by Crippen LogP contribution is -2.59. The maximum Gasteiger partial charge on any atom is 0.410 e. The minimum atomic E-state index is -2.01. The molecule has 6 heterocycles. The smallest absolute Gasteiger partial charge is 0.410 e. The predicted octanol–water partition coefficient (Wildman–Crippen LogP) is 13.1. The highest BCUT2D eigenvalue weighted by Crippen LogP contribution is 2.39. The molecular formula is C57H97BrN8O8Si2. The van der Waals surface area contributed by atoms with Crippen LogP contribution < -0.4 is 19.7 Å². The Labute approximate surface area is 468 Å². The predicted molar refractivity (Wildman–Crippen MR) is 318 cm³/mol. The fraction of sp³-hybridized carbons (Fsp3) is 0.649.